The number of nitrogens with zero attached hydrogens (tertiary/aromatic N) is 4. The molecular weight excluding hydrogens is 253 g/mol. The van der Waals surface area contributed by atoms with Crippen molar-refractivity contribution < 1.29 is 4.52 Å². The first-order valence-corrected chi connectivity index (χ1v) is 4.21. The van der Waals surface area contributed by atoms with Crippen LogP contribution in [0.2, 0.25) is 0 Å². The molecule has 2 heterocycles. The van der Waals surface area contributed by atoms with Crippen molar-refractivity contribution in [3.8, 4) is 0 Å². The SMILES string of the molecule is Cc1nc(C(N)c2cnn(C)c2)no1.Cl.Cl. The van der Waals surface area contributed by atoms with Crippen molar-refractivity contribution in [2.45, 2.75) is 13.0 Å². The zero-order valence-electron chi connectivity index (χ0n) is 8.82. The standard InChI is InChI=1S/C8H11N5O.2ClH/c1-5-11-8(12-14-5)7(9)6-3-10-13(2)4-6;;/h3-4,7H,9H2,1-2H3;2*1H. The van der Waals surface area contributed by atoms with Crippen LogP contribution in [0.4, 0.5) is 0 Å². The summed E-state index contributed by atoms with van der Waals surface area (Å²) in [5.74, 6) is 0.995. The monoisotopic (exact) mass is 265 g/mol. The van der Waals surface area contributed by atoms with E-state index in [0.717, 1.165) is 5.56 Å². The maximum absolute atomic E-state index is 5.90. The highest BCUT2D eigenvalue weighted by molar-refractivity contribution is 5.85. The minimum atomic E-state index is -0.374. The fourth-order valence-corrected chi connectivity index (χ4v) is 1.19. The topological polar surface area (TPSA) is 82.8 Å². The van der Waals surface area contributed by atoms with Crippen LogP contribution in [0.15, 0.2) is 16.9 Å². The average molecular weight is 266 g/mol. The second kappa shape index (κ2) is 5.83. The minimum Gasteiger partial charge on any atom is -0.340 e. The van der Waals surface area contributed by atoms with Gasteiger partial charge in [-0.15, -0.1) is 24.8 Å². The van der Waals surface area contributed by atoms with Gasteiger partial charge in [0.2, 0.25) is 5.89 Å². The van der Waals surface area contributed by atoms with Crippen molar-refractivity contribution in [1.29, 1.82) is 0 Å². The molecule has 90 valence electrons. The number of halogens is 2. The van der Waals surface area contributed by atoms with Crippen LogP contribution in [0.3, 0.4) is 0 Å². The van der Waals surface area contributed by atoms with Gasteiger partial charge in [0.25, 0.3) is 0 Å². The quantitative estimate of drug-likeness (QED) is 0.876. The van der Waals surface area contributed by atoms with Gasteiger partial charge in [-0.1, -0.05) is 5.16 Å². The number of aromatic nitrogens is 4. The van der Waals surface area contributed by atoms with E-state index in [4.69, 9.17) is 10.3 Å². The van der Waals surface area contributed by atoms with Gasteiger partial charge in [0.05, 0.1) is 12.2 Å². The van der Waals surface area contributed by atoms with Gasteiger partial charge in [-0.05, 0) is 0 Å². The van der Waals surface area contributed by atoms with E-state index in [1.165, 1.54) is 0 Å². The third-order valence-electron chi connectivity index (χ3n) is 1.91. The summed E-state index contributed by atoms with van der Waals surface area (Å²) in [6.07, 6.45) is 3.52. The Balaban J connectivity index is 0.00000112. The summed E-state index contributed by atoms with van der Waals surface area (Å²) in [5, 5.41) is 7.77. The van der Waals surface area contributed by atoms with Crippen LogP contribution in [0.5, 0.6) is 0 Å². The highest BCUT2D eigenvalue weighted by Crippen LogP contribution is 2.15. The molecule has 0 aromatic carbocycles. The summed E-state index contributed by atoms with van der Waals surface area (Å²) in [4.78, 5) is 4.06. The molecule has 2 rings (SSSR count). The van der Waals surface area contributed by atoms with Gasteiger partial charge < -0.3 is 10.3 Å². The molecule has 8 heteroatoms. The van der Waals surface area contributed by atoms with E-state index in [1.807, 2.05) is 13.2 Å². The number of aryl methyl sites for hydroxylation is 2. The Morgan fingerprint density at radius 2 is 2.12 bits per heavy atom. The molecule has 0 radical (unpaired) electrons. The third-order valence-corrected chi connectivity index (χ3v) is 1.91. The smallest absolute Gasteiger partial charge is 0.223 e. The van der Waals surface area contributed by atoms with E-state index in [1.54, 1.807) is 17.8 Å². The molecular formula is C8H13Cl2N5O. The van der Waals surface area contributed by atoms with E-state index in [0.29, 0.717) is 11.7 Å². The highest BCUT2D eigenvalue weighted by Gasteiger charge is 2.15. The van der Waals surface area contributed by atoms with Crippen molar-refractivity contribution in [3.63, 3.8) is 0 Å². The van der Waals surface area contributed by atoms with Crippen LogP contribution in [0.25, 0.3) is 0 Å². The molecule has 16 heavy (non-hydrogen) atoms. The van der Waals surface area contributed by atoms with Gasteiger partial charge in [0.15, 0.2) is 5.82 Å². The predicted molar refractivity (Wildman–Crippen MR) is 62.8 cm³/mol. The molecule has 0 aliphatic heterocycles. The zero-order chi connectivity index (χ0) is 10.1. The molecule has 0 amide bonds. The maximum Gasteiger partial charge on any atom is 0.223 e. The zero-order valence-corrected chi connectivity index (χ0v) is 10.5. The lowest BCUT2D eigenvalue weighted by molar-refractivity contribution is 0.385. The van der Waals surface area contributed by atoms with Gasteiger partial charge in [-0.3, -0.25) is 4.68 Å². The number of rotatable bonds is 2. The summed E-state index contributed by atoms with van der Waals surface area (Å²) in [6, 6.07) is -0.374. The van der Waals surface area contributed by atoms with Gasteiger partial charge in [-0.2, -0.15) is 10.1 Å². The van der Waals surface area contributed by atoms with Crippen LogP contribution in [-0.2, 0) is 7.05 Å². The number of hydrogen-bond acceptors (Lipinski definition) is 5. The molecule has 0 fully saturated rings. The molecule has 2 N–H and O–H groups in total. The fraction of sp³-hybridized carbons (Fsp3) is 0.375. The molecule has 2 aromatic rings. The van der Waals surface area contributed by atoms with Crippen LogP contribution < -0.4 is 5.73 Å². The predicted octanol–water partition coefficient (Wildman–Crippen LogP) is 1.00. The second-order valence-corrected chi connectivity index (χ2v) is 3.10. The van der Waals surface area contributed by atoms with Gasteiger partial charge in [0, 0.05) is 25.7 Å². The summed E-state index contributed by atoms with van der Waals surface area (Å²) >= 11 is 0. The van der Waals surface area contributed by atoms with Crippen molar-refractivity contribution in [2.75, 3.05) is 0 Å². The Morgan fingerprint density at radius 3 is 2.56 bits per heavy atom. The number of hydrogen-bond donors (Lipinski definition) is 1. The van der Waals surface area contributed by atoms with Crippen molar-refractivity contribution >= 4 is 24.8 Å². The van der Waals surface area contributed by atoms with Crippen molar-refractivity contribution in [3.05, 3.63) is 29.7 Å². The third kappa shape index (κ3) is 2.94. The minimum absolute atomic E-state index is 0. The Kier molecular flexibility index (Phi) is 5.43. The molecule has 6 nitrogen and oxygen atoms in total. The molecule has 1 atom stereocenters. The molecule has 0 bridgehead atoms. The highest BCUT2D eigenvalue weighted by atomic mass is 35.5. The largest absolute Gasteiger partial charge is 0.340 e. The average Bonchev–Trinajstić information content (AvgIpc) is 2.73. The molecule has 0 aliphatic carbocycles. The maximum atomic E-state index is 5.90. The summed E-state index contributed by atoms with van der Waals surface area (Å²) in [7, 11) is 1.83. The van der Waals surface area contributed by atoms with Crippen LogP contribution in [0, 0.1) is 6.92 Å². The van der Waals surface area contributed by atoms with Gasteiger partial charge in [0.1, 0.15) is 0 Å². The van der Waals surface area contributed by atoms with Crippen LogP contribution in [-0.4, -0.2) is 19.9 Å². The lowest BCUT2D eigenvalue weighted by atomic mass is 10.2. The van der Waals surface area contributed by atoms with E-state index in [9.17, 15) is 0 Å². The molecule has 2 aromatic heterocycles. The van der Waals surface area contributed by atoms with Crippen molar-refractivity contribution in [1.82, 2.24) is 19.9 Å². The lowest BCUT2D eigenvalue weighted by Gasteiger charge is -2.01. The van der Waals surface area contributed by atoms with E-state index in [2.05, 4.69) is 15.2 Å². The first-order valence-electron chi connectivity index (χ1n) is 4.21. The summed E-state index contributed by atoms with van der Waals surface area (Å²) in [6.45, 7) is 1.73. The first-order chi connectivity index (χ1) is 6.66. The van der Waals surface area contributed by atoms with Gasteiger partial charge in [-0.25, -0.2) is 0 Å². The molecule has 0 saturated heterocycles. The number of nitrogens with two attached hydrogens (primary N) is 1. The fourth-order valence-electron chi connectivity index (χ4n) is 1.19. The Bertz CT molecular complexity index is 401. The Labute approximate surface area is 105 Å². The molecule has 0 aliphatic rings. The normalized spacial score (nSPS) is 11.4. The second-order valence-electron chi connectivity index (χ2n) is 3.10. The molecule has 0 saturated carbocycles. The van der Waals surface area contributed by atoms with Crippen molar-refractivity contribution in [2.24, 2.45) is 12.8 Å². The molecule has 0 spiro atoms. The summed E-state index contributed by atoms with van der Waals surface area (Å²) in [5.41, 5.74) is 6.77. The van der Waals surface area contributed by atoms with Crippen LogP contribution in [0.1, 0.15) is 23.3 Å². The van der Waals surface area contributed by atoms with Crippen LogP contribution >= 0.6 is 24.8 Å². The van der Waals surface area contributed by atoms with E-state index < -0.39 is 0 Å². The first kappa shape index (κ1) is 14.9. The van der Waals surface area contributed by atoms with Gasteiger partial charge >= 0.3 is 0 Å². The molecule has 1 unspecified atom stereocenters. The van der Waals surface area contributed by atoms with E-state index >= 15 is 0 Å². The Morgan fingerprint density at radius 1 is 1.44 bits per heavy atom. The summed E-state index contributed by atoms with van der Waals surface area (Å²) < 4.78 is 6.53. The van der Waals surface area contributed by atoms with E-state index in [-0.39, 0.29) is 30.9 Å². The lowest BCUT2D eigenvalue weighted by Crippen LogP contribution is -2.12. The Hall–Kier alpha value is -1.11.